The van der Waals surface area contributed by atoms with E-state index in [1.165, 1.54) is 0 Å². The van der Waals surface area contributed by atoms with Gasteiger partial charge in [0.2, 0.25) is 10.0 Å². The highest BCUT2D eigenvalue weighted by atomic mass is 32.2. The number of hydrogen-bond acceptors (Lipinski definition) is 3. The van der Waals surface area contributed by atoms with Gasteiger partial charge >= 0.3 is 0 Å². The molecule has 0 aliphatic carbocycles. The molecule has 1 aromatic carbocycles. The van der Waals surface area contributed by atoms with Gasteiger partial charge in [0.25, 0.3) is 0 Å². The first-order valence-corrected chi connectivity index (χ1v) is 8.08. The average molecular weight is 293 g/mol. The molecule has 1 heterocycles. The maximum Gasteiger partial charge on any atom is 0.216 e. The van der Waals surface area contributed by atoms with E-state index in [2.05, 4.69) is 14.7 Å². The number of aromatic nitrogens is 2. The van der Waals surface area contributed by atoms with Crippen LogP contribution in [0.5, 0.6) is 0 Å². The third-order valence-corrected chi connectivity index (χ3v) is 4.39. The van der Waals surface area contributed by atoms with Crippen molar-refractivity contribution in [1.29, 1.82) is 0 Å². The molecule has 0 fully saturated rings. The van der Waals surface area contributed by atoms with Gasteiger partial charge in [-0.15, -0.1) is 0 Å². The summed E-state index contributed by atoms with van der Waals surface area (Å²) >= 11 is 0. The Hall–Kier alpha value is -1.66. The fraction of sp³-hybridized carbons (Fsp3) is 0.357. The van der Waals surface area contributed by atoms with Gasteiger partial charge in [-0.05, 0) is 26.3 Å². The average Bonchev–Trinajstić information content (AvgIpc) is 2.78. The molecule has 0 saturated heterocycles. The first-order valence-electron chi connectivity index (χ1n) is 6.43. The third kappa shape index (κ3) is 3.91. The van der Waals surface area contributed by atoms with Gasteiger partial charge in [0.05, 0.1) is 11.8 Å². The highest BCUT2D eigenvalue weighted by Crippen LogP contribution is 2.12. The quantitative estimate of drug-likeness (QED) is 0.887. The van der Waals surface area contributed by atoms with Crippen LogP contribution in [-0.4, -0.2) is 18.4 Å². The summed E-state index contributed by atoms with van der Waals surface area (Å²) in [5.74, 6) is 0.590. The Morgan fingerprint density at radius 2 is 1.90 bits per heavy atom. The normalized spacial score (nSPS) is 13.3. The highest BCUT2D eigenvalue weighted by Gasteiger charge is 2.18. The predicted molar refractivity (Wildman–Crippen MR) is 78.7 cm³/mol. The molecule has 1 atom stereocenters. The number of nitrogens with one attached hydrogen (secondary N) is 2. The lowest BCUT2D eigenvalue weighted by Gasteiger charge is -2.12. The van der Waals surface area contributed by atoms with Crippen LogP contribution in [0.3, 0.4) is 0 Å². The van der Waals surface area contributed by atoms with E-state index in [1.807, 2.05) is 38.1 Å². The van der Waals surface area contributed by atoms with Crippen molar-refractivity contribution in [2.75, 3.05) is 0 Å². The molecule has 6 heteroatoms. The minimum absolute atomic E-state index is 0.0304. The zero-order chi connectivity index (χ0) is 14.8. The van der Waals surface area contributed by atoms with E-state index in [4.69, 9.17) is 0 Å². The second-order valence-corrected chi connectivity index (χ2v) is 6.79. The van der Waals surface area contributed by atoms with Crippen LogP contribution in [0.25, 0.3) is 0 Å². The van der Waals surface area contributed by atoms with E-state index in [0.29, 0.717) is 5.82 Å². The second kappa shape index (κ2) is 5.76. The topological polar surface area (TPSA) is 74.8 Å². The van der Waals surface area contributed by atoms with Gasteiger partial charge in [-0.3, -0.25) is 0 Å². The van der Waals surface area contributed by atoms with Gasteiger partial charge in [-0.2, -0.15) is 0 Å². The lowest BCUT2D eigenvalue weighted by molar-refractivity contribution is 0.560. The third-order valence-electron chi connectivity index (χ3n) is 2.97. The van der Waals surface area contributed by atoms with E-state index >= 15 is 0 Å². The van der Waals surface area contributed by atoms with Gasteiger partial charge in [0.15, 0.2) is 0 Å². The van der Waals surface area contributed by atoms with E-state index in [-0.39, 0.29) is 11.8 Å². The number of imidazole rings is 1. The summed E-state index contributed by atoms with van der Waals surface area (Å²) < 4.78 is 26.9. The van der Waals surface area contributed by atoms with E-state index in [0.717, 1.165) is 16.8 Å². The van der Waals surface area contributed by atoms with E-state index < -0.39 is 10.0 Å². The van der Waals surface area contributed by atoms with Crippen molar-refractivity contribution in [3.05, 3.63) is 53.1 Å². The maximum atomic E-state index is 12.1. The summed E-state index contributed by atoms with van der Waals surface area (Å²) in [5, 5.41) is 0. The Morgan fingerprint density at radius 3 is 2.45 bits per heavy atom. The Morgan fingerprint density at radius 1 is 1.25 bits per heavy atom. The van der Waals surface area contributed by atoms with Crippen LogP contribution in [0.1, 0.15) is 35.6 Å². The van der Waals surface area contributed by atoms with Gasteiger partial charge in [0, 0.05) is 11.9 Å². The van der Waals surface area contributed by atoms with Crippen LogP contribution < -0.4 is 4.72 Å². The van der Waals surface area contributed by atoms with Crippen molar-refractivity contribution < 1.29 is 8.42 Å². The number of H-pyrrole nitrogens is 1. The van der Waals surface area contributed by atoms with Crippen LogP contribution >= 0.6 is 0 Å². The van der Waals surface area contributed by atoms with Crippen molar-refractivity contribution in [2.24, 2.45) is 0 Å². The highest BCUT2D eigenvalue weighted by molar-refractivity contribution is 7.88. The largest absolute Gasteiger partial charge is 0.345 e. The number of benzene rings is 1. The lowest BCUT2D eigenvalue weighted by atomic mass is 10.2. The number of aryl methyl sites for hydroxylation is 2. The molecule has 0 aliphatic rings. The molecule has 0 bridgehead atoms. The fourth-order valence-corrected chi connectivity index (χ4v) is 3.29. The molecule has 5 nitrogen and oxygen atoms in total. The molecule has 0 radical (unpaired) electrons. The Balaban J connectivity index is 2.05. The van der Waals surface area contributed by atoms with Crippen LogP contribution in [0.15, 0.2) is 30.5 Å². The zero-order valence-corrected chi connectivity index (χ0v) is 12.7. The molecule has 0 amide bonds. The second-order valence-electron chi connectivity index (χ2n) is 5.04. The maximum absolute atomic E-state index is 12.1. The molecule has 1 aromatic heterocycles. The number of rotatable bonds is 5. The molecular weight excluding hydrogens is 274 g/mol. The molecule has 2 rings (SSSR count). The smallest absolute Gasteiger partial charge is 0.216 e. The molecule has 0 saturated carbocycles. The summed E-state index contributed by atoms with van der Waals surface area (Å²) in [4.78, 5) is 7.17. The Labute approximate surface area is 119 Å². The first-order chi connectivity index (χ1) is 9.35. The first kappa shape index (κ1) is 14.7. The zero-order valence-electron chi connectivity index (χ0n) is 11.8. The summed E-state index contributed by atoms with van der Waals surface area (Å²) in [6, 6.07) is 7.10. The van der Waals surface area contributed by atoms with Gasteiger partial charge in [0.1, 0.15) is 5.82 Å². The van der Waals surface area contributed by atoms with Crippen molar-refractivity contribution >= 4 is 10.0 Å². The summed E-state index contributed by atoms with van der Waals surface area (Å²) in [6.07, 6.45) is 1.68. The molecule has 0 spiro atoms. The van der Waals surface area contributed by atoms with Crippen LogP contribution in [0.2, 0.25) is 0 Å². The predicted octanol–water partition coefficient (Wildman–Crippen LogP) is 2.21. The molecule has 2 aromatic rings. The Kier molecular flexibility index (Phi) is 4.25. The number of sulfonamides is 1. The monoisotopic (exact) mass is 293 g/mol. The minimum atomic E-state index is -3.40. The van der Waals surface area contributed by atoms with E-state index in [9.17, 15) is 8.42 Å². The summed E-state index contributed by atoms with van der Waals surface area (Å²) in [6.45, 7) is 5.62. The summed E-state index contributed by atoms with van der Waals surface area (Å²) in [7, 11) is -3.40. The summed E-state index contributed by atoms with van der Waals surface area (Å²) in [5.41, 5.74) is 2.79. The van der Waals surface area contributed by atoms with Gasteiger partial charge in [-0.25, -0.2) is 18.1 Å². The minimum Gasteiger partial charge on any atom is -0.345 e. The molecule has 20 heavy (non-hydrogen) atoms. The van der Waals surface area contributed by atoms with Crippen molar-refractivity contribution in [3.8, 4) is 0 Å². The van der Waals surface area contributed by atoms with Crippen LogP contribution in [0.4, 0.5) is 0 Å². The van der Waals surface area contributed by atoms with Gasteiger partial charge < -0.3 is 4.98 Å². The van der Waals surface area contributed by atoms with Crippen molar-refractivity contribution in [1.82, 2.24) is 14.7 Å². The fourth-order valence-electron chi connectivity index (χ4n) is 1.92. The Bertz CT molecular complexity index is 675. The molecule has 1 unspecified atom stereocenters. The van der Waals surface area contributed by atoms with Crippen LogP contribution in [-0.2, 0) is 15.8 Å². The van der Waals surface area contributed by atoms with Crippen molar-refractivity contribution in [2.45, 2.75) is 32.6 Å². The molecule has 0 aliphatic heterocycles. The standard InChI is InChI=1S/C14H19N3O2S/c1-10-4-6-13(7-5-10)9-20(18,19)17-12(3)14-15-8-11(2)16-14/h4-8,12,17H,9H2,1-3H3,(H,15,16). The SMILES string of the molecule is Cc1ccc(CS(=O)(=O)NC(C)c2ncc(C)[nH]2)cc1. The molecule has 2 N–H and O–H groups in total. The number of aromatic amines is 1. The lowest BCUT2D eigenvalue weighted by Crippen LogP contribution is -2.28. The van der Waals surface area contributed by atoms with Gasteiger partial charge in [-0.1, -0.05) is 29.8 Å². The number of hydrogen-bond donors (Lipinski definition) is 2. The molecular formula is C14H19N3O2S. The number of nitrogens with zero attached hydrogens (tertiary/aromatic N) is 1. The van der Waals surface area contributed by atoms with E-state index in [1.54, 1.807) is 13.1 Å². The van der Waals surface area contributed by atoms with Crippen LogP contribution in [0, 0.1) is 13.8 Å². The molecule has 108 valence electrons. The van der Waals surface area contributed by atoms with Crippen molar-refractivity contribution in [3.63, 3.8) is 0 Å².